The molecule has 1 aliphatic heterocycles. The third-order valence-electron chi connectivity index (χ3n) is 6.57. The largest absolute Gasteiger partial charge is 0.481 e. The Morgan fingerprint density at radius 3 is 2.42 bits per heavy atom. The molecular formula is C30H29FN4O5. The maximum Gasteiger partial charge on any atom is 0.301 e. The Labute approximate surface area is 230 Å². The van der Waals surface area contributed by atoms with Gasteiger partial charge in [0, 0.05) is 25.8 Å². The van der Waals surface area contributed by atoms with Gasteiger partial charge in [0.25, 0.3) is 0 Å². The predicted molar refractivity (Wildman–Crippen MR) is 146 cm³/mol. The maximum absolute atomic E-state index is 13.6. The third kappa shape index (κ3) is 6.77. The summed E-state index contributed by atoms with van der Waals surface area (Å²) < 4.78 is 25.8. The number of nitrogens with zero attached hydrogens (tertiary/aromatic N) is 3. The minimum absolute atomic E-state index is 0.0232. The molecule has 1 aliphatic rings. The first-order valence-electron chi connectivity index (χ1n) is 13.0. The Balaban J connectivity index is 1.38. The van der Waals surface area contributed by atoms with Gasteiger partial charge in [0.05, 0.1) is 26.2 Å². The normalized spacial score (nSPS) is 13.7. The summed E-state index contributed by atoms with van der Waals surface area (Å²) in [6, 6.07) is 18.4. The average Bonchev–Trinajstić information content (AvgIpc) is 2.98. The van der Waals surface area contributed by atoms with Crippen LogP contribution in [0, 0.1) is 5.82 Å². The van der Waals surface area contributed by atoms with Gasteiger partial charge < -0.3 is 14.8 Å². The van der Waals surface area contributed by atoms with Crippen LogP contribution in [0.2, 0.25) is 0 Å². The van der Waals surface area contributed by atoms with Crippen molar-refractivity contribution in [1.82, 2.24) is 19.6 Å². The van der Waals surface area contributed by atoms with Crippen molar-refractivity contribution in [2.24, 2.45) is 0 Å². The smallest absolute Gasteiger partial charge is 0.301 e. The van der Waals surface area contributed by atoms with Crippen molar-refractivity contribution >= 4 is 17.3 Å². The van der Waals surface area contributed by atoms with Crippen LogP contribution in [0.3, 0.4) is 0 Å². The number of amides is 1. The number of hydrogen-bond donors (Lipinski definition) is 1. The summed E-state index contributed by atoms with van der Waals surface area (Å²) in [6.07, 6.45) is 1.69. The highest BCUT2D eigenvalue weighted by Gasteiger charge is 2.22. The summed E-state index contributed by atoms with van der Waals surface area (Å²) >= 11 is 0. The molecule has 1 saturated heterocycles. The van der Waals surface area contributed by atoms with Crippen LogP contribution in [0.15, 0.2) is 77.7 Å². The number of nitrogens with one attached hydrogen (secondary N) is 1. The molecule has 0 radical (unpaired) electrons. The molecule has 0 atom stereocenters. The molecule has 206 valence electrons. The van der Waals surface area contributed by atoms with Crippen LogP contribution in [0.4, 0.5) is 4.39 Å². The van der Waals surface area contributed by atoms with Gasteiger partial charge in [-0.25, -0.2) is 9.37 Å². The number of carbonyl (C=O) groups excluding carboxylic acids is 2. The third-order valence-corrected chi connectivity index (χ3v) is 6.57. The average molecular weight is 545 g/mol. The minimum Gasteiger partial charge on any atom is -0.481 e. The van der Waals surface area contributed by atoms with Gasteiger partial charge >= 0.3 is 5.56 Å². The van der Waals surface area contributed by atoms with Crippen LogP contribution in [-0.4, -0.2) is 58.8 Å². The summed E-state index contributed by atoms with van der Waals surface area (Å²) in [6.45, 7) is 3.27. The SMILES string of the molecule is O=C(Cc1ccc(F)cc1)NCC(=O)c1nc2ccc(CN3CCOCC3)cn2c(=O)c1OCc1ccccc1. The Bertz CT molecular complexity index is 1550. The standard InChI is InChI=1S/C30H29FN4O5/c31-24-9-6-21(7-10-24)16-27(37)32-17-25(36)28-29(40-20-22-4-2-1-3-5-22)30(38)35-19-23(8-11-26(35)33-28)18-34-12-14-39-15-13-34/h1-11,19H,12-18,20H2,(H,32,37). The van der Waals surface area contributed by atoms with E-state index in [0.717, 1.165) is 24.2 Å². The molecule has 0 aliphatic carbocycles. The van der Waals surface area contributed by atoms with Gasteiger partial charge in [0.15, 0.2) is 5.69 Å². The van der Waals surface area contributed by atoms with Crippen LogP contribution in [0.5, 0.6) is 5.75 Å². The molecule has 40 heavy (non-hydrogen) atoms. The summed E-state index contributed by atoms with van der Waals surface area (Å²) in [4.78, 5) is 46.0. The van der Waals surface area contributed by atoms with E-state index in [4.69, 9.17) is 9.47 Å². The quantitative estimate of drug-likeness (QED) is 0.307. The highest BCUT2D eigenvalue weighted by molar-refractivity contribution is 6.00. The van der Waals surface area contributed by atoms with Crippen molar-refractivity contribution in [1.29, 1.82) is 0 Å². The molecule has 3 heterocycles. The van der Waals surface area contributed by atoms with E-state index in [0.29, 0.717) is 31.0 Å². The van der Waals surface area contributed by atoms with Gasteiger partial charge in [0.2, 0.25) is 17.4 Å². The van der Waals surface area contributed by atoms with Crippen LogP contribution in [0.1, 0.15) is 27.2 Å². The van der Waals surface area contributed by atoms with Gasteiger partial charge in [-0.2, -0.15) is 0 Å². The Morgan fingerprint density at radius 2 is 1.68 bits per heavy atom. The summed E-state index contributed by atoms with van der Waals surface area (Å²) in [5.41, 5.74) is 1.98. The van der Waals surface area contributed by atoms with Crippen LogP contribution in [0.25, 0.3) is 5.65 Å². The highest BCUT2D eigenvalue weighted by atomic mass is 19.1. The molecule has 4 aromatic rings. The van der Waals surface area contributed by atoms with Gasteiger partial charge in [-0.3, -0.25) is 23.7 Å². The Hall–Kier alpha value is -4.41. The number of fused-ring (bicyclic) bond motifs is 1. The zero-order valence-corrected chi connectivity index (χ0v) is 21.8. The Kier molecular flexibility index (Phi) is 8.58. The van der Waals surface area contributed by atoms with E-state index >= 15 is 0 Å². The second-order valence-electron chi connectivity index (χ2n) is 9.53. The van der Waals surface area contributed by atoms with E-state index in [1.807, 2.05) is 36.4 Å². The lowest BCUT2D eigenvalue weighted by Gasteiger charge is -2.26. The van der Waals surface area contributed by atoms with Crippen molar-refractivity contribution in [2.45, 2.75) is 19.6 Å². The summed E-state index contributed by atoms with van der Waals surface area (Å²) in [5, 5.41) is 2.56. The van der Waals surface area contributed by atoms with E-state index < -0.39 is 23.1 Å². The first kappa shape index (κ1) is 27.2. The molecule has 0 bridgehead atoms. The van der Waals surface area contributed by atoms with Gasteiger partial charge in [-0.1, -0.05) is 48.5 Å². The number of ketones is 1. The number of hydrogen-bond acceptors (Lipinski definition) is 7. The molecule has 1 N–H and O–H groups in total. The molecule has 0 spiro atoms. The number of halogens is 1. The monoisotopic (exact) mass is 544 g/mol. The predicted octanol–water partition coefficient (Wildman–Crippen LogP) is 2.79. The number of benzene rings is 2. The van der Waals surface area contributed by atoms with Gasteiger partial charge in [0.1, 0.15) is 18.1 Å². The lowest BCUT2D eigenvalue weighted by Crippen LogP contribution is -2.35. The molecule has 2 aromatic carbocycles. The van der Waals surface area contributed by atoms with Crippen LogP contribution in [-0.2, 0) is 29.1 Å². The Morgan fingerprint density at radius 1 is 0.950 bits per heavy atom. The molecule has 10 heteroatoms. The maximum atomic E-state index is 13.6. The number of pyridine rings is 1. The van der Waals surface area contributed by atoms with Crippen molar-refractivity contribution in [2.75, 3.05) is 32.8 Å². The zero-order chi connectivity index (χ0) is 27.9. The molecule has 5 rings (SSSR count). The van der Waals surface area contributed by atoms with Crippen molar-refractivity contribution in [3.63, 3.8) is 0 Å². The fourth-order valence-corrected chi connectivity index (χ4v) is 4.44. The van der Waals surface area contributed by atoms with E-state index in [1.54, 1.807) is 12.3 Å². The molecular weight excluding hydrogens is 515 g/mol. The zero-order valence-electron chi connectivity index (χ0n) is 21.8. The molecule has 9 nitrogen and oxygen atoms in total. The van der Waals surface area contributed by atoms with Crippen LogP contribution < -0.4 is 15.6 Å². The number of rotatable bonds is 10. The highest BCUT2D eigenvalue weighted by Crippen LogP contribution is 2.17. The summed E-state index contributed by atoms with van der Waals surface area (Å²) in [7, 11) is 0. The van der Waals surface area contributed by atoms with Gasteiger partial charge in [-0.05, 0) is 34.9 Å². The van der Waals surface area contributed by atoms with E-state index in [2.05, 4.69) is 15.2 Å². The van der Waals surface area contributed by atoms with E-state index in [1.165, 1.54) is 28.7 Å². The number of Topliss-reactive ketones (excluding diaryl/α,β-unsaturated/α-hetero) is 1. The molecule has 2 aromatic heterocycles. The van der Waals surface area contributed by atoms with Crippen molar-refractivity contribution in [3.8, 4) is 5.75 Å². The number of aromatic nitrogens is 2. The van der Waals surface area contributed by atoms with E-state index in [-0.39, 0.29) is 31.0 Å². The molecule has 0 unspecified atom stereocenters. The molecule has 1 fully saturated rings. The van der Waals surface area contributed by atoms with E-state index in [9.17, 15) is 18.8 Å². The number of carbonyl (C=O) groups is 2. The lowest BCUT2D eigenvalue weighted by molar-refractivity contribution is -0.120. The van der Waals surface area contributed by atoms with Gasteiger partial charge in [-0.15, -0.1) is 0 Å². The molecule has 1 amide bonds. The van der Waals surface area contributed by atoms with Crippen LogP contribution >= 0.6 is 0 Å². The molecule has 0 saturated carbocycles. The minimum atomic E-state index is -0.562. The van der Waals surface area contributed by atoms with Crippen molar-refractivity contribution < 1.29 is 23.5 Å². The first-order valence-corrected chi connectivity index (χ1v) is 13.0. The summed E-state index contributed by atoms with van der Waals surface area (Å²) in [5.74, 6) is -1.56. The van der Waals surface area contributed by atoms with Crippen molar-refractivity contribution in [3.05, 3.63) is 111 Å². The second kappa shape index (κ2) is 12.6. The topological polar surface area (TPSA) is 102 Å². The fraction of sp³-hybridized carbons (Fsp3) is 0.267. The first-order chi connectivity index (χ1) is 19.5. The number of ether oxygens (including phenoxy) is 2. The second-order valence-corrected chi connectivity index (χ2v) is 9.53. The fourth-order valence-electron chi connectivity index (χ4n) is 4.44. The lowest BCUT2D eigenvalue weighted by atomic mass is 10.1. The number of morpholine rings is 1.